The van der Waals surface area contributed by atoms with Crippen LogP contribution in [0.4, 0.5) is 15.0 Å². The van der Waals surface area contributed by atoms with E-state index in [0.717, 1.165) is 65.4 Å². The average molecular weight is 818 g/mol. The number of methoxy groups -OCH3 is 1. The Morgan fingerprint density at radius 1 is 1.07 bits per heavy atom. The predicted octanol–water partition coefficient (Wildman–Crippen LogP) is 6.98. The molecular weight excluding hydrogens is 766 g/mol. The van der Waals surface area contributed by atoms with Crippen LogP contribution in [0.3, 0.4) is 0 Å². The maximum atomic E-state index is 16.0. The molecule has 14 heteroatoms. The second kappa shape index (κ2) is 16.2. The molecule has 5 heterocycles. The smallest absolute Gasteiger partial charge is 0.410 e. The summed E-state index contributed by atoms with van der Waals surface area (Å²) in [5.41, 5.74) is 5.23. The molecule has 2 aromatic heterocycles. The molecule has 4 aliphatic rings. The fourth-order valence-electron chi connectivity index (χ4n) is 8.94. The number of nitrogens with zero attached hydrogens (tertiary/aromatic N) is 6. The van der Waals surface area contributed by atoms with Crippen LogP contribution in [0.5, 0.6) is 11.8 Å². The largest absolute Gasteiger partial charge is 0.486 e. The summed E-state index contributed by atoms with van der Waals surface area (Å²) in [6.45, 7) is 12.5. The van der Waals surface area contributed by atoms with Crippen LogP contribution in [0.15, 0.2) is 42.6 Å². The Kier molecular flexibility index (Phi) is 10.8. The van der Waals surface area contributed by atoms with Crippen LogP contribution in [-0.2, 0) is 20.8 Å². The number of nitrogens with one attached hydrogen (secondary N) is 1. The van der Waals surface area contributed by atoms with Crippen LogP contribution in [0, 0.1) is 25.1 Å². The summed E-state index contributed by atoms with van der Waals surface area (Å²) in [7, 11) is 1.66. The highest BCUT2D eigenvalue weighted by Gasteiger charge is 2.48. The van der Waals surface area contributed by atoms with E-state index in [2.05, 4.69) is 32.0 Å². The van der Waals surface area contributed by atoms with E-state index in [9.17, 15) is 4.79 Å². The van der Waals surface area contributed by atoms with Crippen LogP contribution in [-0.4, -0.2) is 120 Å². The van der Waals surface area contributed by atoms with Crippen molar-refractivity contribution in [2.45, 2.75) is 83.3 Å². The van der Waals surface area contributed by atoms with Gasteiger partial charge in [-0.1, -0.05) is 18.1 Å². The van der Waals surface area contributed by atoms with Crippen molar-refractivity contribution in [2.75, 3.05) is 64.6 Å². The normalized spacial score (nSPS) is 19.9. The fraction of sp³-hybridized carbons (Fsp3) is 0.478. The Morgan fingerprint density at radius 3 is 2.53 bits per heavy atom. The van der Waals surface area contributed by atoms with Crippen LogP contribution < -0.4 is 14.4 Å². The van der Waals surface area contributed by atoms with E-state index in [1.165, 1.54) is 6.07 Å². The van der Waals surface area contributed by atoms with E-state index < -0.39 is 11.7 Å². The minimum Gasteiger partial charge on any atom is -0.486 e. The molecule has 1 amide bonds. The molecular formula is C46H52FN7O6. The predicted molar refractivity (Wildman–Crippen MR) is 226 cm³/mol. The number of morpholine rings is 1. The highest BCUT2D eigenvalue weighted by atomic mass is 19.1. The number of likely N-dealkylation sites (tertiary alicyclic amines) is 1. The van der Waals surface area contributed by atoms with Gasteiger partial charge in [-0.15, -0.1) is 6.42 Å². The summed E-state index contributed by atoms with van der Waals surface area (Å²) >= 11 is 0. The molecule has 0 spiro atoms. The minimum absolute atomic E-state index is 0.0179. The zero-order valence-electron chi connectivity index (χ0n) is 34.9. The number of aromatic amines is 1. The number of halogens is 1. The van der Waals surface area contributed by atoms with Gasteiger partial charge in [0.05, 0.1) is 43.6 Å². The van der Waals surface area contributed by atoms with E-state index in [0.29, 0.717) is 73.2 Å². The van der Waals surface area contributed by atoms with Gasteiger partial charge in [-0.3, -0.25) is 10.00 Å². The lowest BCUT2D eigenvalue weighted by Gasteiger charge is -2.36. The molecule has 3 aromatic carbocycles. The van der Waals surface area contributed by atoms with E-state index in [1.807, 2.05) is 49.9 Å². The maximum absolute atomic E-state index is 16.0. The summed E-state index contributed by atoms with van der Waals surface area (Å²) < 4.78 is 46.9. The van der Waals surface area contributed by atoms with Gasteiger partial charge in [0, 0.05) is 67.3 Å². The van der Waals surface area contributed by atoms with Crippen molar-refractivity contribution in [3.8, 4) is 35.2 Å². The lowest BCUT2D eigenvalue weighted by Crippen LogP contribution is -2.50. The van der Waals surface area contributed by atoms with Crippen molar-refractivity contribution < 1.29 is 32.9 Å². The minimum atomic E-state index is -0.605. The van der Waals surface area contributed by atoms with Crippen molar-refractivity contribution in [1.82, 2.24) is 30.0 Å². The topological polar surface area (TPSA) is 127 Å². The molecule has 3 aliphatic heterocycles. The van der Waals surface area contributed by atoms with Crippen LogP contribution in [0.2, 0.25) is 0 Å². The van der Waals surface area contributed by atoms with Gasteiger partial charge >= 0.3 is 12.1 Å². The first-order valence-electron chi connectivity index (χ1n) is 20.9. The van der Waals surface area contributed by atoms with Gasteiger partial charge in [0.25, 0.3) is 0 Å². The Morgan fingerprint density at radius 2 is 1.85 bits per heavy atom. The molecule has 0 unspecified atom stereocenters. The second-order valence-electron chi connectivity index (χ2n) is 17.4. The number of hydrogen-bond donors (Lipinski definition) is 1. The number of ether oxygens (including phenoxy) is 5. The Hall–Kier alpha value is -5.49. The summed E-state index contributed by atoms with van der Waals surface area (Å²) in [5, 5.41) is 8.92. The molecule has 4 fully saturated rings. The standard InChI is InChI=1S/C46H52FN7O6/c1-7-28-8-10-29(11-9-28)25-58-42-40(39-27(2)37(47)20-38-36(39)21-48-51-38)34(30-12-13-30)19-35-41(42)49-44(59-33(26-56-6)24-52-14-16-57-17-15-52)50-43(35)53-22-32-18-31(53)23-54(32)45(55)60-46(3,4)5/h1,8-11,19-21,30-33H,12-18,22-26H2,2-6H3,(H,48,51)/t31-,32-,33-/m0/s1. The van der Waals surface area contributed by atoms with Gasteiger partial charge in [-0.05, 0) is 93.8 Å². The van der Waals surface area contributed by atoms with Crippen molar-refractivity contribution in [2.24, 2.45) is 0 Å². The highest BCUT2D eigenvalue weighted by Crippen LogP contribution is 2.53. The average Bonchev–Trinajstić information content (AvgIpc) is 3.61. The lowest BCUT2D eigenvalue weighted by atomic mass is 9.88. The van der Waals surface area contributed by atoms with Crippen LogP contribution in [0.25, 0.3) is 32.9 Å². The van der Waals surface area contributed by atoms with Gasteiger partial charge in [0.2, 0.25) is 0 Å². The molecule has 60 heavy (non-hydrogen) atoms. The number of amides is 1. The number of anilines is 1. The monoisotopic (exact) mass is 817 g/mol. The molecule has 3 atom stereocenters. The fourth-order valence-corrected chi connectivity index (χ4v) is 8.94. The Bertz CT molecular complexity index is 2450. The number of aromatic nitrogens is 4. The number of H-pyrrole nitrogens is 1. The third kappa shape index (κ3) is 7.93. The first-order valence-corrected chi connectivity index (χ1v) is 20.9. The van der Waals surface area contributed by atoms with Crippen LogP contribution in [0.1, 0.15) is 68.2 Å². The third-order valence-corrected chi connectivity index (χ3v) is 12.0. The Balaban J connectivity index is 1.23. The van der Waals surface area contributed by atoms with E-state index in [1.54, 1.807) is 20.2 Å². The van der Waals surface area contributed by atoms with Gasteiger partial charge < -0.3 is 33.5 Å². The van der Waals surface area contributed by atoms with Crippen molar-refractivity contribution in [3.05, 3.63) is 70.7 Å². The third-order valence-electron chi connectivity index (χ3n) is 12.0. The number of piperazine rings is 1. The molecule has 314 valence electrons. The van der Waals surface area contributed by atoms with Gasteiger partial charge in [-0.2, -0.15) is 15.1 Å². The van der Waals surface area contributed by atoms with E-state index in [-0.39, 0.29) is 42.5 Å². The van der Waals surface area contributed by atoms with E-state index >= 15 is 4.39 Å². The zero-order valence-corrected chi connectivity index (χ0v) is 34.9. The lowest BCUT2D eigenvalue weighted by molar-refractivity contribution is 0.000203. The zero-order chi connectivity index (χ0) is 41.7. The number of terminal acetylenes is 1. The summed E-state index contributed by atoms with van der Waals surface area (Å²) in [5.74, 6) is 3.77. The molecule has 13 nitrogen and oxygen atoms in total. The molecule has 0 radical (unpaired) electrons. The summed E-state index contributed by atoms with van der Waals surface area (Å²) in [6.07, 6.45) is 9.47. The molecule has 1 aliphatic carbocycles. The molecule has 9 rings (SSSR count). The maximum Gasteiger partial charge on any atom is 0.410 e. The molecule has 3 saturated heterocycles. The number of carbonyl (C=O) groups is 1. The van der Waals surface area contributed by atoms with E-state index in [4.69, 9.17) is 40.1 Å². The van der Waals surface area contributed by atoms with Gasteiger partial charge in [0.15, 0.2) is 5.75 Å². The number of hydrogen-bond acceptors (Lipinski definition) is 11. The van der Waals surface area contributed by atoms with Gasteiger partial charge in [0.1, 0.15) is 35.5 Å². The molecule has 2 bridgehead atoms. The summed E-state index contributed by atoms with van der Waals surface area (Å²) in [4.78, 5) is 30.2. The summed E-state index contributed by atoms with van der Waals surface area (Å²) in [6, 6.07) is 11.5. The number of carbonyl (C=O) groups excluding carboxylic acids is 1. The number of rotatable bonds is 12. The van der Waals surface area contributed by atoms with Crippen molar-refractivity contribution in [3.63, 3.8) is 0 Å². The molecule has 1 saturated carbocycles. The second-order valence-corrected chi connectivity index (χ2v) is 17.4. The first-order chi connectivity index (χ1) is 29.0. The highest BCUT2D eigenvalue weighted by molar-refractivity contribution is 6.06. The first kappa shape index (κ1) is 39.9. The molecule has 1 N–H and O–H groups in total. The van der Waals surface area contributed by atoms with Crippen LogP contribution >= 0.6 is 0 Å². The Labute approximate surface area is 349 Å². The number of fused-ring (bicyclic) bond motifs is 4. The molecule has 5 aromatic rings. The van der Waals surface area contributed by atoms with Crippen molar-refractivity contribution in [1.29, 1.82) is 0 Å². The number of benzene rings is 3. The van der Waals surface area contributed by atoms with Gasteiger partial charge in [-0.25, -0.2) is 9.18 Å². The van der Waals surface area contributed by atoms with Crippen molar-refractivity contribution >= 4 is 33.7 Å². The quantitative estimate of drug-likeness (QED) is 0.131. The SMILES string of the molecule is C#Cc1ccc(COc2c(-c3c(C)c(F)cc4[nH]ncc34)c(C3CC3)cc3c(N4C[C@@H]5C[C@H]4CN5C(=O)OC(C)(C)C)nc(O[C@H](COC)CN4CCOCC4)nc23)cc1.